The monoisotopic (exact) mass is 508 g/mol. The van der Waals surface area contributed by atoms with Gasteiger partial charge in [0.25, 0.3) is 0 Å². The number of piperazine rings is 1. The highest BCUT2D eigenvalue weighted by molar-refractivity contribution is 7.92. The van der Waals surface area contributed by atoms with E-state index < -0.39 is 21.2 Å². The summed E-state index contributed by atoms with van der Waals surface area (Å²) >= 11 is 12.2. The van der Waals surface area contributed by atoms with Gasteiger partial charge in [-0.3, -0.25) is 9.69 Å². The molecule has 4 rings (SSSR count). The molecule has 1 aliphatic heterocycles. The van der Waals surface area contributed by atoms with E-state index in [0.29, 0.717) is 49.1 Å². The Morgan fingerprint density at radius 1 is 1.06 bits per heavy atom. The van der Waals surface area contributed by atoms with E-state index >= 15 is 0 Å². The van der Waals surface area contributed by atoms with E-state index in [-0.39, 0.29) is 17.2 Å². The third-order valence-corrected chi connectivity index (χ3v) is 9.23. The van der Waals surface area contributed by atoms with Crippen LogP contribution >= 0.6 is 23.2 Å². The molecule has 9 heteroatoms. The van der Waals surface area contributed by atoms with Crippen molar-refractivity contribution < 1.29 is 18.3 Å². The summed E-state index contributed by atoms with van der Waals surface area (Å²) < 4.78 is 27.0. The molecule has 0 aromatic heterocycles. The standard InChI is InChI=1S/C24H26Cl2N2O4S/c1-2-23(28-9-7-27(8-10-28)19-4-6-21(25)22(26)15-19)33(31,32)20-5-3-17-11-16(13-24(29)30)12-18(17)14-20/h2-6,14-16,23H,1,7-13H2,(H,29,30). The Morgan fingerprint density at radius 3 is 2.39 bits per heavy atom. The maximum absolute atomic E-state index is 13.5. The number of halogens is 2. The summed E-state index contributed by atoms with van der Waals surface area (Å²) in [5.41, 5.74) is 2.91. The number of carboxylic acid groups (broad SMARTS) is 1. The summed E-state index contributed by atoms with van der Waals surface area (Å²) in [4.78, 5) is 15.4. The van der Waals surface area contributed by atoms with Crippen LogP contribution in [0.3, 0.4) is 0 Å². The molecule has 0 spiro atoms. The fourth-order valence-electron chi connectivity index (χ4n) is 4.78. The third-order valence-electron chi connectivity index (χ3n) is 6.45. The number of aliphatic carboxylic acids is 1. The van der Waals surface area contributed by atoms with Gasteiger partial charge in [-0.15, -0.1) is 6.58 Å². The molecule has 6 nitrogen and oxygen atoms in total. The molecule has 1 heterocycles. The van der Waals surface area contributed by atoms with Crippen molar-refractivity contribution in [2.75, 3.05) is 31.1 Å². The molecule has 2 atom stereocenters. The Morgan fingerprint density at radius 2 is 1.76 bits per heavy atom. The summed E-state index contributed by atoms with van der Waals surface area (Å²) in [6.45, 7) is 6.23. The predicted octanol–water partition coefficient (Wildman–Crippen LogP) is 4.29. The molecule has 2 unspecified atom stereocenters. The van der Waals surface area contributed by atoms with Gasteiger partial charge >= 0.3 is 5.97 Å². The molecule has 0 bridgehead atoms. The van der Waals surface area contributed by atoms with Crippen LogP contribution in [0.1, 0.15) is 17.5 Å². The first-order chi connectivity index (χ1) is 15.7. The summed E-state index contributed by atoms with van der Waals surface area (Å²) in [5, 5.41) is 9.24. The Hall–Kier alpha value is -2.06. The smallest absolute Gasteiger partial charge is 0.303 e. The van der Waals surface area contributed by atoms with E-state index in [9.17, 15) is 13.2 Å². The van der Waals surface area contributed by atoms with E-state index in [1.807, 2.05) is 23.1 Å². The van der Waals surface area contributed by atoms with E-state index in [0.717, 1.165) is 16.8 Å². The average Bonchev–Trinajstić information content (AvgIpc) is 3.17. The number of hydrogen-bond donors (Lipinski definition) is 1. The number of nitrogens with zero attached hydrogens (tertiary/aromatic N) is 2. The quantitative estimate of drug-likeness (QED) is 0.562. The van der Waals surface area contributed by atoms with E-state index in [4.69, 9.17) is 28.3 Å². The Bertz CT molecular complexity index is 1180. The highest BCUT2D eigenvalue weighted by Crippen LogP contribution is 2.33. The van der Waals surface area contributed by atoms with Crippen LogP contribution in [0.4, 0.5) is 5.69 Å². The van der Waals surface area contributed by atoms with Gasteiger partial charge < -0.3 is 10.0 Å². The van der Waals surface area contributed by atoms with E-state index in [1.54, 1.807) is 18.2 Å². The van der Waals surface area contributed by atoms with Gasteiger partial charge in [-0.2, -0.15) is 0 Å². The fraction of sp³-hybridized carbons (Fsp3) is 0.375. The number of carboxylic acids is 1. The lowest BCUT2D eigenvalue weighted by Crippen LogP contribution is -2.52. The normalized spacial score (nSPS) is 19.8. The Balaban J connectivity index is 1.47. The fourth-order valence-corrected chi connectivity index (χ4v) is 6.77. The molecular weight excluding hydrogens is 483 g/mol. The number of fused-ring (bicyclic) bond motifs is 1. The van der Waals surface area contributed by atoms with Gasteiger partial charge in [-0.1, -0.05) is 35.3 Å². The number of sulfone groups is 1. The van der Waals surface area contributed by atoms with Crippen LogP contribution in [-0.2, 0) is 27.5 Å². The predicted molar refractivity (Wildman–Crippen MR) is 131 cm³/mol. The zero-order chi connectivity index (χ0) is 23.8. The van der Waals surface area contributed by atoms with Crippen molar-refractivity contribution in [2.45, 2.75) is 29.5 Å². The highest BCUT2D eigenvalue weighted by atomic mass is 35.5. The highest BCUT2D eigenvalue weighted by Gasteiger charge is 2.34. The second-order valence-electron chi connectivity index (χ2n) is 8.60. The minimum atomic E-state index is -3.67. The zero-order valence-corrected chi connectivity index (χ0v) is 20.4. The maximum Gasteiger partial charge on any atom is 0.303 e. The van der Waals surface area contributed by atoms with Crippen LogP contribution in [0.25, 0.3) is 0 Å². The topological polar surface area (TPSA) is 77.9 Å². The summed E-state index contributed by atoms with van der Waals surface area (Å²) in [6, 6.07) is 10.7. The molecule has 2 aromatic carbocycles. The largest absolute Gasteiger partial charge is 0.481 e. The Labute approximate surface area is 204 Å². The van der Waals surface area contributed by atoms with Crippen LogP contribution in [0, 0.1) is 5.92 Å². The van der Waals surface area contributed by atoms with Crippen molar-refractivity contribution >= 4 is 44.7 Å². The second kappa shape index (κ2) is 9.66. The van der Waals surface area contributed by atoms with Crippen molar-refractivity contribution in [2.24, 2.45) is 5.92 Å². The summed E-state index contributed by atoms with van der Waals surface area (Å²) in [7, 11) is -3.67. The molecule has 0 saturated carbocycles. The molecule has 1 saturated heterocycles. The molecule has 33 heavy (non-hydrogen) atoms. The number of benzene rings is 2. The maximum atomic E-state index is 13.5. The lowest BCUT2D eigenvalue weighted by molar-refractivity contribution is -0.138. The van der Waals surface area contributed by atoms with Crippen molar-refractivity contribution in [1.29, 1.82) is 0 Å². The van der Waals surface area contributed by atoms with Crippen LogP contribution in [0.5, 0.6) is 0 Å². The molecule has 0 amide bonds. The van der Waals surface area contributed by atoms with Gasteiger partial charge in [0.2, 0.25) is 0 Å². The SMILES string of the molecule is C=CC(N1CCN(c2ccc(Cl)c(Cl)c2)CC1)S(=O)(=O)c1ccc2c(c1)CC(CC(=O)O)C2. The molecule has 0 radical (unpaired) electrons. The summed E-state index contributed by atoms with van der Waals surface area (Å²) in [5.74, 6) is -0.813. The van der Waals surface area contributed by atoms with Crippen molar-refractivity contribution in [3.8, 4) is 0 Å². The third kappa shape index (κ3) is 5.06. The first-order valence-corrected chi connectivity index (χ1v) is 13.1. The molecule has 2 aliphatic rings. The van der Waals surface area contributed by atoms with Gasteiger partial charge in [-0.25, -0.2) is 8.42 Å². The van der Waals surface area contributed by atoms with Crippen molar-refractivity contribution in [3.05, 3.63) is 70.2 Å². The molecule has 2 aromatic rings. The number of rotatable bonds is 7. The van der Waals surface area contributed by atoms with E-state index in [1.165, 1.54) is 6.08 Å². The van der Waals surface area contributed by atoms with Gasteiger partial charge in [-0.05, 0) is 60.2 Å². The first kappa shape index (κ1) is 24.1. The Kier molecular flexibility index (Phi) is 7.05. The minimum absolute atomic E-state index is 0.0140. The number of hydrogen-bond acceptors (Lipinski definition) is 5. The molecule has 176 valence electrons. The number of carbonyl (C=O) groups is 1. The molecular formula is C24H26Cl2N2O4S. The lowest BCUT2D eigenvalue weighted by Gasteiger charge is -2.39. The number of anilines is 1. The average molecular weight is 509 g/mol. The van der Waals surface area contributed by atoms with Crippen molar-refractivity contribution in [1.82, 2.24) is 4.90 Å². The molecule has 1 N–H and O–H groups in total. The van der Waals surface area contributed by atoms with Crippen LogP contribution in [0.2, 0.25) is 10.0 Å². The van der Waals surface area contributed by atoms with Crippen LogP contribution in [0.15, 0.2) is 53.9 Å². The van der Waals surface area contributed by atoms with E-state index in [2.05, 4.69) is 11.5 Å². The van der Waals surface area contributed by atoms with Crippen LogP contribution < -0.4 is 4.90 Å². The second-order valence-corrected chi connectivity index (χ2v) is 11.5. The molecule has 1 fully saturated rings. The van der Waals surface area contributed by atoms with Gasteiger partial charge in [0.1, 0.15) is 5.37 Å². The van der Waals surface area contributed by atoms with Gasteiger partial charge in [0.05, 0.1) is 14.9 Å². The van der Waals surface area contributed by atoms with Crippen LogP contribution in [-0.4, -0.2) is 55.9 Å². The molecule has 1 aliphatic carbocycles. The minimum Gasteiger partial charge on any atom is -0.481 e. The van der Waals surface area contributed by atoms with Crippen molar-refractivity contribution in [3.63, 3.8) is 0 Å². The van der Waals surface area contributed by atoms with Gasteiger partial charge in [0.15, 0.2) is 9.84 Å². The lowest BCUT2D eigenvalue weighted by atomic mass is 10.0. The van der Waals surface area contributed by atoms with Gasteiger partial charge in [0, 0.05) is 38.3 Å². The first-order valence-electron chi connectivity index (χ1n) is 10.8. The summed E-state index contributed by atoms with van der Waals surface area (Å²) in [6.07, 6.45) is 2.84. The zero-order valence-electron chi connectivity index (χ0n) is 18.1.